The van der Waals surface area contributed by atoms with E-state index in [-0.39, 0.29) is 18.4 Å². The maximum absolute atomic E-state index is 12.2. The molecular weight excluding hydrogens is 256 g/mol. The molecule has 20 heavy (non-hydrogen) atoms. The Kier molecular flexibility index (Phi) is 6.73. The van der Waals surface area contributed by atoms with Crippen molar-refractivity contribution in [3.05, 3.63) is 35.9 Å². The van der Waals surface area contributed by atoms with E-state index in [1.54, 1.807) is 18.9 Å². The second-order valence-corrected chi connectivity index (χ2v) is 4.30. The van der Waals surface area contributed by atoms with E-state index in [0.29, 0.717) is 13.2 Å². The molecule has 1 rings (SSSR count). The van der Waals surface area contributed by atoms with E-state index in [2.05, 4.69) is 5.32 Å². The molecule has 5 heteroatoms. The number of amides is 1. The van der Waals surface area contributed by atoms with Crippen LogP contribution in [0.15, 0.2) is 30.3 Å². The van der Waals surface area contributed by atoms with Crippen LogP contribution in [0.2, 0.25) is 0 Å². The Hall–Kier alpha value is -1.88. The highest BCUT2D eigenvalue weighted by molar-refractivity contribution is 5.81. The van der Waals surface area contributed by atoms with Gasteiger partial charge < -0.3 is 10.1 Å². The minimum absolute atomic E-state index is 0.128. The van der Waals surface area contributed by atoms with Gasteiger partial charge in [-0.05, 0) is 19.0 Å². The number of ether oxygens (including phenoxy) is 1. The molecule has 0 aliphatic heterocycles. The minimum Gasteiger partial charge on any atom is -0.465 e. The molecule has 1 unspecified atom stereocenters. The molecule has 0 aliphatic carbocycles. The Morgan fingerprint density at radius 1 is 1.25 bits per heavy atom. The molecule has 110 valence electrons. The van der Waals surface area contributed by atoms with Gasteiger partial charge >= 0.3 is 5.97 Å². The Morgan fingerprint density at radius 3 is 2.40 bits per heavy atom. The molecule has 0 aliphatic rings. The van der Waals surface area contributed by atoms with Crippen molar-refractivity contribution in [2.24, 2.45) is 0 Å². The van der Waals surface area contributed by atoms with E-state index in [4.69, 9.17) is 4.74 Å². The van der Waals surface area contributed by atoms with Crippen molar-refractivity contribution < 1.29 is 14.3 Å². The standard InChI is InChI=1S/C15H22N2O3/c1-4-17(11-13(18)16-3)14(15(19)20-5-2)12-9-7-6-8-10-12/h6-10,14H,4-5,11H2,1-3H3,(H,16,18). The molecule has 1 aromatic rings. The van der Waals surface area contributed by atoms with Crippen molar-refractivity contribution in [2.75, 3.05) is 26.7 Å². The largest absolute Gasteiger partial charge is 0.465 e. The lowest BCUT2D eigenvalue weighted by atomic mass is 10.1. The summed E-state index contributed by atoms with van der Waals surface area (Å²) in [5.74, 6) is -0.457. The van der Waals surface area contributed by atoms with E-state index < -0.39 is 6.04 Å². The molecule has 1 aromatic carbocycles. The number of likely N-dealkylation sites (N-methyl/N-ethyl adjacent to an activating group) is 2. The van der Waals surface area contributed by atoms with Gasteiger partial charge in [0.05, 0.1) is 13.2 Å². The fourth-order valence-corrected chi connectivity index (χ4v) is 2.00. The Bertz CT molecular complexity index is 434. The van der Waals surface area contributed by atoms with Gasteiger partial charge in [0.1, 0.15) is 6.04 Å². The maximum Gasteiger partial charge on any atom is 0.328 e. The quantitative estimate of drug-likeness (QED) is 0.765. The average Bonchev–Trinajstić information content (AvgIpc) is 2.47. The third-order valence-electron chi connectivity index (χ3n) is 3.02. The molecule has 1 amide bonds. The van der Waals surface area contributed by atoms with E-state index in [1.807, 2.05) is 37.3 Å². The van der Waals surface area contributed by atoms with Crippen molar-refractivity contribution in [3.8, 4) is 0 Å². The van der Waals surface area contributed by atoms with Gasteiger partial charge in [-0.3, -0.25) is 9.69 Å². The SMILES string of the molecule is CCOC(=O)C(c1ccccc1)N(CC)CC(=O)NC. The minimum atomic E-state index is -0.557. The first-order valence-corrected chi connectivity index (χ1v) is 6.80. The van der Waals surface area contributed by atoms with Gasteiger partial charge in [0.25, 0.3) is 0 Å². The number of carbonyl (C=O) groups is 2. The smallest absolute Gasteiger partial charge is 0.328 e. The van der Waals surface area contributed by atoms with E-state index in [9.17, 15) is 9.59 Å². The fourth-order valence-electron chi connectivity index (χ4n) is 2.00. The highest BCUT2D eigenvalue weighted by Gasteiger charge is 2.29. The molecule has 0 bridgehead atoms. The lowest BCUT2D eigenvalue weighted by Crippen LogP contribution is -2.41. The van der Waals surface area contributed by atoms with Gasteiger partial charge in [0, 0.05) is 7.05 Å². The van der Waals surface area contributed by atoms with Crippen LogP contribution in [-0.2, 0) is 14.3 Å². The van der Waals surface area contributed by atoms with Gasteiger partial charge in [-0.25, -0.2) is 4.79 Å². The van der Waals surface area contributed by atoms with Crippen LogP contribution in [0.25, 0.3) is 0 Å². The molecule has 1 N–H and O–H groups in total. The van der Waals surface area contributed by atoms with Crippen molar-refractivity contribution in [1.29, 1.82) is 0 Å². The molecule has 0 saturated carbocycles. The summed E-state index contributed by atoms with van der Waals surface area (Å²) in [6, 6.07) is 8.81. The summed E-state index contributed by atoms with van der Waals surface area (Å²) in [5.41, 5.74) is 0.830. The number of hydrogen-bond acceptors (Lipinski definition) is 4. The van der Waals surface area contributed by atoms with Gasteiger partial charge in [-0.1, -0.05) is 37.3 Å². The molecular formula is C15H22N2O3. The fraction of sp³-hybridized carbons (Fsp3) is 0.467. The topological polar surface area (TPSA) is 58.6 Å². The number of nitrogens with one attached hydrogen (secondary N) is 1. The van der Waals surface area contributed by atoms with Crippen LogP contribution in [0.1, 0.15) is 25.5 Å². The summed E-state index contributed by atoms with van der Waals surface area (Å²) in [7, 11) is 1.58. The molecule has 5 nitrogen and oxygen atoms in total. The molecule has 0 heterocycles. The van der Waals surface area contributed by atoms with E-state index in [1.165, 1.54) is 0 Å². The zero-order valence-electron chi connectivity index (χ0n) is 12.3. The summed E-state index contributed by atoms with van der Waals surface area (Å²) >= 11 is 0. The first kappa shape index (κ1) is 16.2. The van der Waals surface area contributed by atoms with Crippen LogP contribution in [-0.4, -0.2) is 43.5 Å². The summed E-state index contributed by atoms with van der Waals surface area (Å²) < 4.78 is 5.14. The van der Waals surface area contributed by atoms with Crippen LogP contribution in [0.4, 0.5) is 0 Å². The first-order chi connectivity index (χ1) is 9.63. The summed E-state index contributed by atoms with van der Waals surface area (Å²) in [6.07, 6.45) is 0. The number of rotatable bonds is 7. The number of carbonyl (C=O) groups excluding carboxylic acids is 2. The van der Waals surface area contributed by atoms with Crippen molar-refractivity contribution in [1.82, 2.24) is 10.2 Å². The number of benzene rings is 1. The van der Waals surface area contributed by atoms with Crippen LogP contribution in [0.5, 0.6) is 0 Å². The first-order valence-electron chi connectivity index (χ1n) is 6.80. The second kappa shape index (κ2) is 8.32. The third-order valence-corrected chi connectivity index (χ3v) is 3.02. The van der Waals surface area contributed by atoms with E-state index in [0.717, 1.165) is 5.56 Å². The van der Waals surface area contributed by atoms with Crippen molar-refractivity contribution >= 4 is 11.9 Å². The van der Waals surface area contributed by atoms with Crippen molar-refractivity contribution in [3.63, 3.8) is 0 Å². The monoisotopic (exact) mass is 278 g/mol. The third kappa shape index (κ3) is 4.35. The highest BCUT2D eigenvalue weighted by Crippen LogP contribution is 2.22. The zero-order chi connectivity index (χ0) is 15.0. The van der Waals surface area contributed by atoms with Gasteiger partial charge in [-0.2, -0.15) is 0 Å². The lowest BCUT2D eigenvalue weighted by Gasteiger charge is -2.28. The molecule has 0 aromatic heterocycles. The molecule has 0 radical (unpaired) electrons. The molecule has 0 saturated heterocycles. The van der Waals surface area contributed by atoms with Crippen LogP contribution in [0.3, 0.4) is 0 Å². The Morgan fingerprint density at radius 2 is 1.90 bits per heavy atom. The van der Waals surface area contributed by atoms with Crippen LogP contribution < -0.4 is 5.32 Å². The van der Waals surface area contributed by atoms with Crippen molar-refractivity contribution in [2.45, 2.75) is 19.9 Å². The maximum atomic E-state index is 12.2. The van der Waals surface area contributed by atoms with Gasteiger partial charge in [0.2, 0.25) is 5.91 Å². The summed E-state index contributed by atoms with van der Waals surface area (Å²) in [4.78, 5) is 25.6. The highest BCUT2D eigenvalue weighted by atomic mass is 16.5. The number of nitrogens with zero attached hydrogens (tertiary/aromatic N) is 1. The molecule has 0 spiro atoms. The molecule has 0 fully saturated rings. The normalized spacial score (nSPS) is 12.0. The number of esters is 1. The van der Waals surface area contributed by atoms with Crippen LogP contribution >= 0.6 is 0 Å². The predicted octanol–water partition coefficient (Wildman–Crippen LogP) is 1.36. The number of hydrogen-bond donors (Lipinski definition) is 1. The molecule has 1 atom stereocenters. The average molecular weight is 278 g/mol. The predicted molar refractivity (Wildman–Crippen MR) is 77.1 cm³/mol. The summed E-state index contributed by atoms with van der Waals surface area (Å²) in [6.45, 7) is 4.74. The lowest BCUT2D eigenvalue weighted by molar-refractivity contribution is -0.150. The van der Waals surface area contributed by atoms with E-state index >= 15 is 0 Å². The second-order valence-electron chi connectivity index (χ2n) is 4.30. The Labute approximate surface area is 119 Å². The van der Waals surface area contributed by atoms with Gasteiger partial charge in [-0.15, -0.1) is 0 Å². The van der Waals surface area contributed by atoms with Gasteiger partial charge in [0.15, 0.2) is 0 Å². The summed E-state index contributed by atoms with van der Waals surface area (Å²) in [5, 5.41) is 2.57. The van der Waals surface area contributed by atoms with Crippen LogP contribution in [0, 0.1) is 0 Å². The Balaban J connectivity index is 3.02. The zero-order valence-corrected chi connectivity index (χ0v) is 12.3.